The lowest BCUT2D eigenvalue weighted by atomic mass is 9.88. The molecule has 0 radical (unpaired) electrons. The zero-order chi connectivity index (χ0) is 26.5. The van der Waals surface area contributed by atoms with Crippen molar-refractivity contribution in [3.8, 4) is 0 Å². The van der Waals surface area contributed by atoms with E-state index in [9.17, 15) is 9.59 Å². The van der Waals surface area contributed by atoms with Crippen molar-refractivity contribution in [2.24, 2.45) is 11.8 Å². The van der Waals surface area contributed by atoms with Gasteiger partial charge in [-0.2, -0.15) is 0 Å². The first-order chi connectivity index (χ1) is 17.8. The van der Waals surface area contributed by atoms with Crippen molar-refractivity contribution in [1.82, 2.24) is 15.6 Å². The number of aromatic amines is 1. The molecule has 3 atom stereocenters. The Morgan fingerprint density at radius 1 is 1.16 bits per heavy atom. The van der Waals surface area contributed by atoms with Crippen LogP contribution in [-0.2, 0) is 16.0 Å². The molecule has 2 amide bonds. The third-order valence-corrected chi connectivity index (χ3v) is 7.66. The Morgan fingerprint density at radius 2 is 1.95 bits per heavy atom. The molecule has 37 heavy (non-hydrogen) atoms. The molecule has 0 spiro atoms. The minimum absolute atomic E-state index is 0.0780. The predicted molar refractivity (Wildman–Crippen MR) is 152 cm³/mol. The number of hydrogen-bond acceptors (Lipinski definition) is 3. The maximum atomic E-state index is 14.3. The fraction of sp³-hybridized carbons (Fsp3) is 0.467. The van der Waals surface area contributed by atoms with Crippen LogP contribution in [0.2, 0.25) is 5.02 Å². The SMILES string of the molecule is CNC[C@H]1Cc2cc(Cl)ccc2N(C(=O)C(NC(=O)CCCC(C)C)C(C)c2c[nH]c3ccccc23)C1. The molecule has 198 valence electrons. The number of para-hydroxylation sites is 1. The van der Waals surface area contributed by atoms with E-state index in [1.807, 2.05) is 61.5 Å². The van der Waals surface area contributed by atoms with E-state index in [1.54, 1.807) is 0 Å². The van der Waals surface area contributed by atoms with Crippen LogP contribution >= 0.6 is 11.6 Å². The monoisotopic (exact) mass is 522 g/mol. The number of aromatic nitrogens is 1. The summed E-state index contributed by atoms with van der Waals surface area (Å²) in [5.74, 6) is 0.408. The Bertz CT molecular complexity index is 1240. The number of benzene rings is 2. The summed E-state index contributed by atoms with van der Waals surface area (Å²) in [5, 5.41) is 8.14. The summed E-state index contributed by atoms with van der Waals surface area (Å²) in [6.45, 7) is 7.73. The number of H-pyrrole nitrogens is 1. The number of anilines is 1. The normalized spacial score (nSPS) is 17.0. The van der Waals surface area contributed by atoms with Gasteiger partial charge in [-0.3, -0.25) is 9.59 Å². The number of fused-ring (bicyclic) bond motifs is 2. The van der Waals surface area contributed by atoms with Crippen LogP contribution in [0, 0.1) is 11.8 Å². The van der Waals surface area contributed by atoms with Crippen molar-refractivity contribution in [2.45, 2.75) is 58.4 Å². The van der Waals surface area contributed by atoms with Crippen LogP contribution in [0.25, 0.3) is 10.9 Å². The van der Waals surface area contributed by atoms with Crippen LogP contribution in [0.5, 0.6) is 0 Å². The first kappa shape index (κ1) is 27.2. The zero-order valence-electron chi connectivity index (χ0n) is 22.3. The molecule has 1 aromatic heterocycles. The highest BCUT2D eigenvalue weighted by atomic mass is 35.5. The van der Waals surface area contributed by atoms with Crippen molar-refractivity contribution in [2.75, 3.05) is 25.0 Å². The topological polar surface area (TPSA) is 77.2 Å². The van der Waals surface area contributed by atoms with E-state index in [4.69, 9.17) is 11.6 Å². The summed E-state index contributed by atoms with van der Waals surface area (Å²) in [4.78, 5) is 32.6. The summed E-state index contributed by atoms with van der Waals surface area (Å²) >= 11 is 6.32. The third-order valence-electron chi connectivity index (χ3n) is 7.42. The molecule has 0 aliphatic carbocycles. The molecule has 0 saturated heterocycles. The van der Waals surface area contributed by atoms with Gasteiger partial charge in [0, 0.05) is 46.7 Å². The lowest BCUT2D eigenvalue weighted by molar-refractivity contribution is -0.128. The van der Waals surface area contributed by atoms with Gasteiger partial charge in [0.2, 0.25) is 11.8 Å². The van der Waals surface area contributed by atoms with E-state index in [0.717, 1.165) is 53.5 Å². The summed E-state index contributed by atoms with van der Waals surface area (Å²) in [6, 6.07) is 13.1. The molecule has 4 rings (SSSR count). The summed E-state index contributed by atoms with van der Waals surface area (Å²) < 4.78 is 0. The quantitative estimate of drug-likeness (QED) is 0.321. The second-order valence-electron chi connectivity index (χ2n) is 10.8. The average molecular weight is 523 g/mol. The molecule has 0 saturated carbocycles. The second kappa shape index (κ2) is 12.1. The van der Waals surface area contributed by atoms with Crippen LogP contribution in [0.3, 0.4) is 0 Å². The van der Waals surface area contributed by atoms with Crippen molar-refractivity contribution in [3.05, 3.63) is 64.8 Å². The number of carbonyl (C=O) groups excluding carboxylic acids is 2. The highest BCUT2D eigenvalue weighted by Crippen LogP contribution is 2.35. The number of hydrogen-bond donors (Lipinski definition) is 3. The Kier molecular flexibility index (Phi) is 8.93. The van der Waals surface area contributed by atoms with Crippen LogP contribution in [-0.4, -0.2) is 43.0 Å². The fourth-order valence-corrected chi connectivity index (χ4v) is 5.68. The van der Waals surface area contributed by atoms with Gasteiger partial charge < -0.3 is 20.5 Å². The van der Waals surface area contributed by atoms with Gasteiger partial charge in [0.1, 0.15) is 6.04 Å². The summed E-state index contributed by atoms with van der Waals surface area (Å²) in [7, 11) is 1.93. The standard InChI is InChI=1S/C30H39ClN4O2/c1-19(2)8-7-11-28(36)34-29(20(3)25-17-33-26-10-6-5-9-24(25)26)30(37)35-18-21(16-32-4)14-22-15-23(31)12-13-27(22)35/h5-6,9-10,12-13,15,17,19-21,29,32-33H,7-8,11,14,16,18H2,1-4H3,(H,34,36)/t20?,21-,29?/m1/s1. The van der Waals surface area contributed by atoms with E-state index in [1.165, 1.54) is 0 Å². The van der Waals surface area contributed by atoms with Crippen molar-refractivity contribution >= 4 is 40.0 Å². The van der Waals surface area contributed by atoms with Crippen molar-refractivity contribution in [1.29, 1.82) is 0 Å². The molecular weight excluding hydrogens is 484 g/mol. The molecule has 3 N–H and O–H groups in total. The number of amides is 2. The molecule has 1 aliphatic heterocycles. The maximum Gasteiger partial charge on any atom is 0.250 e. The number of rotatable bonds is 10. The number of halogens is 1. The van der Waals surface area contributed by atoms with Gasteiger partial charge in [-0.05, 0) is 73.7 Å². The first-order valence-corrected chi connectivity index (χ1v) is 13.8. The lowest BCUT2D eigenvalue weighted by Gasteiger charge is -2.38. The summed E-state index contributed by atoms with van der Waals surface area (Å²) in [6.07, 6.45) is 5.02. The first-order valence-electron chi connectivity index (χ1n) is 13.4. The van der Waals surface area contributed by atoms with Gasteiger partial charge in [0.25, 0.3) is 0 Å². The molecular formula is C30H39ClN4O2. The Hall–Kier alpha value is -2.83. The number of nitrogens with one attached hydrogen (secondary N) is 3. The third kappa shape index (κ3) is 6.36. The molecule has 2 unspecified atom stereocenters. The Labute approximate surface area is 225 Å². The smallest absolute Gasteiger partial charge is 0.250 e. The largest absolute Gasteiger partial charge is 0.361 e. The molecule has 2 aromatic carbocycles. The Morgan fingerprint density at radius 3 is 2.70 bits per heavy atom. The minimum atomic E-state index is -0.692. The zero-order valence-corrected chi connectivity index (χ0v) is 23.1. The van der Waals surface area contributed by atoms with Crippen LogP contribution in [0.1, 0.15) is 57.1 Å². The van der Waals surface area contributed by atoms with E-state index in [-0.39, 0.29) is 23.7 Å². The van der Waals surface area contributed by atoms with E-state index in [2.05, 4.69) is 35.5 Å². The van der Waals surface area contributed by atoms with Gasteiger partial charge in [-0.15, -0.1) is 0 Å². The van der Waals surface area contributed by atoms with Gasteiger partial charge in [-0.1, -0.05) is 57.0 Å². The van der Waals surface area contributed by atoms with Gasteiger partial charge >= 0.3 is 0 Å². The minimum Gasteiger partial charge on any atom is -0.361 e. The second-order valence-corrected chi connectivity index (χ2v) is 11.2. The van der Waals surface area contributed by atoms with Crippen molar-refractivity contribution < 1.29 is 9.59 Å². The summed E-state index contributed by atoms with van der Waals surface area (Å²) in [5.41, 5.74) is 3.99. The highest BCUT2D eigenvalue weighted by molar-refractivity contribution is 6.30. The number of nitrogens with zero attached hydrogens (tertiary/aromatic N) is 1. The lowest BCUT2D eigenvalue weighted by Crippen LogP contribution is -2.54. The molecule has 0 bridgehead atoms. The molecule has 1 aliphatic rings. The average Bonchev–Trinajstić information content (AvgIpc) is 3.30. The highest BCUT2D eigenvalue weighted by Gasteiger charge is 2.37. The number of carbonyl (C=O) groups is 2. The predicted octanol–water partition coefficient (Wildman–Crippen LogP) is 5.66. The van der Waals surface area contributed by atoms with E-state index >= 15 is 0 Å². The van der Waals surface area contributed by atoms with Crippen molar-refractivity contribution in [3.63, 3.8) is 0 Å². The molecule has 0 fully saturated rings. The maximum absolute atomic E-state index is 14.3. The molecule has 2 heterocycles. The van der Waals surface area contributed by atoms with Gasteiger partial charge in [-0.25, -0.2) is 0 Å². The fourth-order valence-electron chi connectivity index (χ4n) is 5.48. The molecule has 3 aromatic rings. The van der Waals surface area contributed by atoms with Crippen LogP contribution in [0.15, 0.2) is 48.7 Å². The van der Waals surface area contributed by atoms with Gasteiger partial charge in [0.05, 0.1) is 0 Å². The van der Waals surface area contributed by atoms with E-state index < -0.39 is 6.04 Å². The van der Waals surface area contributed by atoms with E-state index in [0.29, 0.717) is 23.9 Å². The molecule has 7 heteroatoms. The van der Waals surface area contributed by atoms with Gasteiger partial charge in [0.15, 0.2) is 0 Å². The Balaban J connectivity index is 1.67. The van der Waals surface area contributed by atoms with Crippen LogP contribution in [0.4, 0.5) is 5.69 Å². The molecule has 6 nitrogen and oxygen atoms in total. The van der Waals surface area contributed by atoms with Crippen LogP contribution < -0.4 is 15.5 Å².